The number of carbonyl (C=O) groups is 2. The molecule has 1 atom stereocenters. The lowest BCUT2D eigenvalue weighted by Crippen LogP contribution is -2.51. The largest absolute Gasteiger partial charge is 0.480 e. The van der Waals surface area contributed by atoms with Gasteiger partial charge in [-0.25, -0.2) is 9.59 Å². The molecule has 1 rings (SSSR count). The molecule has 0 saturated carbocycles. The molecule has 0 aliphatic carbocycles. The number of carboxylic acids is 1. The van der Waals surface area contributed by atoms with Gasteiger partial charge in [0.05, 0.1) is 0 Å². The van der Waals surface area contributed by atoms with Gasteiger partial charge < -0.3 is 20.6 Å². The van der Waals surface area contributed by atoms with Gasteiger partial charge in [0.15, 0.2) is 0 Å². The van der Waals surface area contributed by atoms with Crippen molar-refractivity contribution < 1.29 is 14.7 Å². The summed E-state index contributed by atoms with van der Waals surface area (Å²) < 4.78 is 0. The number of hydrogen-bond acceptors (Lipinski definition) is 3. The zero-order valence-electron chi connectivity index (χ0n) is 11.8. The van der Waals surface area contributed by atoms with Gasteiger partial charge in [0, 0.05) is 6.04 Å². The van der Waals surface area contributed by atoms with Gasteiger partial charge in [-0.2, -0.15) is 0 Å². The van der Waals surface area contributed by atoms with Gasteiger partial charge in [-0.1, -0.05) is 19.8 Å². The standard InChI is InChI=1S/C13H25N3O3/c1-3-4-5-11(12(17)18)15-13(19)14-10-6-8-16(2)9-7-10/h10-11H,3-9H2,1-2H3,(H,17,18)(H2,14,15,19). The fourth-order valence-corrected chi connectivity index (χ4v) is 2.20. The molecule has 1 heterocycles. The van der Waals surface area contributed by atoms with Crippen LogP contribution in [-0.2, 0) is 4.79 Å². The van der Waals surface area contributed by atoms with Crippen molar-refractivity contribution in [1.82, 2.24) is 15.5 Å². The van der Waals surface area contributed by atoms with Crippen molar-refractivity contribution in [3.63, 3.8) is 0 Å². The first-order chi connectivity index (χ1) is 9.02. The van der Waals surface area contributed by atoms with Crippen molar-refractivity contribution in [3.8, 4) is 0 Å². The maximum atomic E-state index is 11.8. The summed E-state index contributed by atoms with van der Waals surface area (Å²) in [5.41, 5.74) is 0. The minimum absolute atomic E-state index is 0.150. The maximum Gasteiger partial charge on any atom is 0.326 e. The number of nitrogens with zero attached hydrogens (tertiary/aromatic N) is 1. The van der Waals surface area contributed by atoms with E-state index in [0.29, 0.717) is 6.42 Å². The molecule has 2 amide bonds. The number of rotatable bonds is 6. The maximum absolute atomic E-state index is 11.8. The monoisotopic (exact) mass is 271 g/mol. The van der Waals surface area contributed by atoms with Crippen LogP contribution in [0.1, 0.15) is 39.0 Å². The number of carboxylic acid groups (broad SMARTS) is 1. The molecule has 19 heavy (non-hydrogen) atoms. The van der Waals surface area contributed by atoms with Gasteiger partial charge in [-0.15, -0.1) is 0 Å². The van der Waals surface area contributed by atoms with Crippen molar-refractivity contribution in [1.29, 1.82) is 0 Å². The average molecular weight is 271 g/mol. The number of likely N-dealkylation sites (tertiary alicyclic amines) is 1. The molecule has 0 aromatic rings. The van der Waals surface area contributed by atoms with Crippen LogP contribution in [0.3, 0.4) is 0 Å². The third-order valence-electron chi connectivity index (χ3n) is 3.50. The van der Waals surface area contributed by atoms with E-state index >= 15 is 0 Å². The van der Waals surface area contributed by atoms with E-state index in [2.05, 4.69) is 22.6 Å². The summed E-state index contributed by atoms with van der Waals surface area (Å²) in [6.07, 6.45) is 4.02. The van der Waals surface area contributed by atoms with Crippen molar-refractivity contribution in [2.24, 2.45) is 0 Å². The predicted octanol–water partition coefficient (Wildman–Crippen LogP) is 1.02. The fourth-order valence-electron chi connectivity index (χ4n) is 2.20. The molecule has 6 nitrogen and oxygen atoms in total. The molecule has 110 valence electrons. The molecule has 1 aliphatic heterocycles. The highest BCUT2D eigenvalue weighted by Crippen LogP contribution is 2.08. The van der Waals surface area contributed by atoms with Gasteiger partial charge in [0.25, 0.3) is 0 Å². The summed E-state index contributed by atoms with van der Waals surface area (Å²) in [6.45, 7) is 3.92. The zero-order chi connectivity index (χ0) is 14.3. The van der Waals surface area contributed by atoms with E-state index < -0.39 is 12.0 Å². The van der Waals surface area contributed by atoms with E-state index in [1.54, 1.807) is 0 Å². The van der Waals surface area contributed by atoms with Crippen LogP contribution in [0.5, 0.6) is 0 Å². The second-order valence-corrected chi connectivity index (χ2v) is 5.23. The first kappa shape index (κ1) is 15.8. The Kier molecular flexibility index (Phi) is 6.62. The van der Waals surface area contributed by atoms with Gasteiger partial charge in [-0.05, 0) is 39.4 Å². The lowest BCUT2D eigenvalue weighted by molar-refractivity contribution is -0.139. The summed E-state index contributed by atoms with van der Waals surface area (Å²) in [7, 11) is 2.06. The SMILES string of the molecule is CCCCC(NC(=O)NC1CCN(C)CC1)C(=O)O. The third kappa shape index (κ3) is 5.92. The van der Waals surface area contributed by atoms with Crippen LogP contribution in [0.25, 0.3) is 0 Å². The van der Waals surface area contributed by atoms with Crippen molar-refractivity contribution in [3.05, 3.63) is 0 Å². The van der Waals surface area contributed by atoms with Crippen molar-refractivity contribution in [2.45, 2.75) is 51.1 Å². The topological polar surface area (TPSA) is 81.7 Å². The van der Waals surface area contributed by atoms with E-state index in [4.69, 9.17) is 5.11 Å². The Hall–Kier alpha value is -1.30. The second-order valence-electron chi connectivity index (χ2n) is 5.23. The number of amides is 2. The quantitative estimate of drug-likeness (QED) is 0.674. The molecule has 0 spiro atoms. The Morgan fingerprint density at radius 1 is 1.37 bits per heavy atom. The van der Waals surface area contributed by atoms with Crippen LogP contribution in [0, 0.1) is 0 Å². The van der Waals surface area contributed by atoms with Gasteiger partial charge in [0.2, 0.25) is 0 Å². The highest BCUT2D eigenvalue weighted by molar-refractivity contribution is 5.82. The molecule has 0 bridgehead atoms. The van der Waals surface area contributed by atoms with Gasteiger partial charge in [-0.3, -0.25) is 0 Å². The fraction of sp³-hybridized carbons (Fsp3) is 0.846. The summed E-state index contributed by atoms with van der Waals surface area (Å²) in [5.74, 6) is -0.966. The Balaban J connectivity index is 2.33. The molecule has 1 aliphatic rings. The third-order valence-corrected chi connectivity index (χ3v) is 3.50. The van der Waals surface area contributed by atoms with Crippen molar-refractivity contribution >= 4 is 12.0 Å². The molecule has 0 aromatic carbocycles. The number of nitrogens with one attached hydrogen (secondary N) is 2. The minimum Gasteiger partial charge on any atom is -0.480 e. The lowest BCUT2D eigenvalue weighted by atomic mass is 10.1. The Bertz CT molecular complexity index is 302. The second kappa shape index (κ2) is 7.99. The Morgan fingerprint density at radius 2 is 2.00 bits per heavy atom. The first-order valence-electron chi connectivity index (χ1n) is 7.01. The molecular weight excluding hydrogens is 246 g/mol. The van der Waals surface area contributed by atoms with Crippen LogP contribution < -0.4 is 10.6 Å². The number of urea groups is 1. The first-order valence-corrected chi connectivity index (χ1v) is 7.01. The molecule has 1 fully saturated rings. The highest BCUT2D eigenvalue weighted by atomic mass is 16.4. The summed E-state index contributed by atoms with van der Waals surface area (Å²) in [6, 6.07) is -0.999. The number of unbranched alkanes of at least 4 members (excludes halogenated alkanes) is 1. The van der Waals surface area contributed by atoms with E-state index in [1.807, 2.05) is 6.92 Å². The summed E-state index contributed by atoms with van der Waals surface area (Å²) >= 11 is 0. The highest BCUT2D eigenvalue weighted by Gasteiger charge is 2.22. The van der Waals surface area contributed by atoms with E-state index in [1.165, 1.54) is 0 Å². The lowest BCUT2D eigenvalue weighted by Gasteiger charge is -2.29. The molecule has 1 saturated heterocycles. The molecule has 3 N–H and O–H groups in total. The number of aliphatic carboxylic acids is 1. The molecule has 1 unspecified atom stereocenters. The van der Waals surface area contributed by atoms with E-state index in [0.717, 1.165) is 38.8 Å². The predicted molar refractivity (Wildman–Crippen MR) is 73.1 cm³/mol. The molecule has 0 radical (unpaired) electrons. The van der Waals surface area contributed by atoms with E-state index in [-0.39, 0.29) is 12.1 Å². The Morgan fingerprint density at radius 3 is 2.53 bits per heavy atom. The zero-order valence-corrected chi connectivity index (χ0v) is 11.8. The van der Waals surface area contributed by atoms with Crippen LogP contribution >= 0.6 is 0 Å². The van der Waals surface area contributed by atoms with Crippen molar-refractivity contribution in [2.75, 3.05) is 20.1 Å². The summed E-state index contributed by atoms with van der Waals surface area (Å²) in [4.78, 5) is 25.0. The number of carbonyl (C=O) groups excluding carboxylic acids is 1. The van der Waals surface area contributed by atoms with Crippen LogP contribution in [-0.4, -0.2) is 54.2 Å². The number of hydrogen-bond donors (Lipinski definition) is 3. The van der Waals surface area contributed by atoms with Crippen LogP contribution in [0.2, 0.25) is 0 Å². The smallest absolute Gasteiger partial charge is 0.326 e. The van der Waals surface area contributed by atoms with Crippen LogP contribution in [0.4, 0.5) is 4.79 Å². The summed E-state index contributed by atoms with van der Waals surface area (Å²) in [5, 5.41) is 14.4. The Labute approximate surface area is 114 Å². The van der Waals surface area contributed by atoms with Crippen LogP contribution in [0.15, 0.2) is 0 Å². The average Bonchev–Trinajstić information content (AvgIpc) is 2.37. The normalized spacial score (nSPS) is 18.8. The molecule has 0 aromatic heterocycles. The van der Waals surface area contributed by atoms with Gasteiger partial charge in [0.1, 0.15) is 6.04 Å². The molecular formula is C13H25N3O3. The van der Waals surface area contributed by atoms with Gasteiger partial charge >= 0.3 is 12.0 Å². The minimum atomic E-state index is -0.966. The molecule has 6 heteroatoms. The number of piperidine rings is 1. The van der Waals surface area contributed by atoms with E-state index in [9.17, 15) is 9.59 Å².